The van der Waals surface area contributed by atoms with Crippen LogP contribution in [0.2, 0.25) is 0 Å². The molecule has 0 heterocycles. The second-order valence-electron chi connectivity index (χ2n) is 5.25. The number of aryl methyl sites for hydroxylation is 1. The third-order valence-electron chi connectivity index (χ3n) is 3.35. The van der Waals surface area contributed by atoms with Crippen LogP contribution in [0.3, 0.4) is 0 Å². The van der Waals surface area contributed by atoms with Crippen molar-refractivity contribution in [3.63, 3.8) is 0 Å². The van der Waals surface area contributed by atoms with Crippen molar-refractivity contribution in [2.45, 2.75) is 17.6 Å². The second-order valence-corrected chi connectivity index (χ2v) is 7.24. The minimum atomic E-state index is -3.41. The highest BCUT2D eigenvalue weighted by Gasteiger charge is 2.15. The molecule has 1 amide bonds. The molecule has 23 heavy (non-hydrogen) atoms. The molecule has 0 bridgehead atoms. The number of rotatable bonds is 6. The molecular weight excluding hydrogens is 314 g/mol. The van der Waals surface area contributed by atoms with Gasteiger partial charge in [0.1, 0.15) is 0 Å². The summed E-state index contributed by atoms with van der Waals surface area (Å²) in [7, 11) is -3.41. The van der Waals surface area contributed by atoms with Crippen molar-refractivity contribution in [3.8, 4) is 0 Å². The average molecular weight is 333 g/mol. The van der Waals surface area contributed by atoms with Gasteiger partial charge in [-0.25, -0.2) is 8.42 Å². The van der Waals surface area contributed by atoms with Crippen LogP contribution in [0.1, 0.15) is 21.5 Å². The molecule has 0 radical (unpaired) electrons. The zero-order chi connectivity index (χ0) is 16.9. The van der Waals surface area contributed by atoms with Crippen LogP contribution in [-0.4, -0.2) is 32.6 Å². The van der Waals surface area contributed by atoms with Gasteiger partial charge >= 0.3 is 0 Å². The quantitative estimate of drug-likeness (QED) is 0.843. The first-order valence-electron chi connectivity index (χ1n) is 7.20. The molecule has 6 heteroatoms. The Morgan fingerprint density at radius 3 is 2.22 bits per heavy atom. The number of amides is 1. The maximum atomic E-state index is 12.4. The van der Waals surface area contributed by atoms with E-state index in [1.807, 2.05) is 6.92 Å². The summed E-state index contributed by atoms with van der Waals surface area (Å²) in [6.07, 6.45) is 0. The van der Waals surface area contributed by atoms with Crippen molar-refractivity contribution in [2.24, 2.45) is 0 Å². The van der Waals surface area contributed by atoms with E-state index in [0.717, 1.165) is 5.56 Å². The smallest absolute Gasteiger partial charge is 0.251 e. The highest BCUT2D eigenvalue weighted by Crippen LogP contribution is 2.17. The highest BCUT2D eigenvalue weighted by molar-refractivity contribution is 7.90. The minimum absolute atomic E-state index is 0.116. The SMILES string of the molecule is Cc1ccc(S(=O)(=O)Cc2ccc(C(=O)NCCO)cc2)cc1. The van der Waals surface area contributed by atoms with Crippen molar-refractivity contribution in [2.75, 3.05) is 13.2 Å². The third kappa shape index (κ3) is 4.64. The van der Waals surface area contributed by atoms with Gasteiger partial charge in [-0.1, -0.05) is 29.8 Å². The monoisotopic (exact) mass is 333 g/mol. The second kappa shape index (κ2) is 7.39. The van der Waals surface area contributed by atoms with Crippen molar-refractivity contribution in [3.05, 3.63) is 65.2 Å². The highest BCUT2D eigenvalue weighted by atomic mass is 32.2. The van der Waals surface area contributed by atoms with Gasteiger partial charge in [0.25, 0.3) is 5.91 Å². The predicted molar refractivity (Wildman–Crippen MR) is 87.9 cm³/mol. The Morgan fingerprint density at radius 2 is 1.65 bits per heavy atom. The number of sulfone groups is 1. The van der Waals surface area contributed by atoms with Crippen molar-refractivity contribution < 1.29 is 18.3 Å². The summed E-state index contributed by atoms with van der Waals surface area (Å²) < 4.78 is 24.7. The lowest BCUT2D eigenvalue weighted by Crippen LogP contribution is -2.26. The first-order valence-corrected chi connectivity index (χ1v) is 8.85. The van der Waals surface area contributed by atoms with E-state index < -0.39 is 9.84 Å². The first-order chi connectivity index (χ1) is 10.9. The molecule has 2 aromatic carbocycles. The average Bonchev–Trinajstić information content (AvgIpc) is 2.53. The van der Waals surface area contributed by atoms with Crippen LogP contribution in [-0.2, 0) is 15.6 Å². The van der Waals surface area contributed by atoms with Gasteiger partial charge in [-0.3, -0.25) is 4.79 Å². The summed E-state index contributed by atoms with van der Waals surface area (Å²) in [5.74, 6) is -0.416. The molecule has 0 atom stereocenters. The third-order valence-corrected chi connectivity index (χ3v) is 5.05. The number of carbonyl (C=O) groups excluding carboxylic acids is 1. The normalized spacial score (nSPS) is 11.2. The van der Waals surface area contributed by atoms with E-state index in [1.165, 1.54) is 0 Å². The van der Waals surface area contributed by atoms with Gasteiger partial charge in [0.2, 0.25) is 0 Å². The minimum Gasteiger partial charge on any atom is -0.395 e. The molecule has 0 aliphatic rings. The molecule has 0 aromatic heterocycles. The molecule has 0 saturated carbocycles. The van der Waals surface area contributed by atoms with Crippen molar-refractivity contribution in [1.82, 2.24) is 5.32 Å². The Labute approximate surface area is 135 Å². The van der Waals surface area contributed by atoms with Crippen molar-refractivity contribution >= 4 is 15.7 Å². The van der Waals surface area contributed by atoms with E-state index in [4.69, 9.17) is 5.11 Å². The van der Waals surface area contributed by atoms with Crippen LogP contribution < -0.4 is 5.32 Å². The Morgan fingerprint density at radius 1 is 1.04 bits per heavy atom. The number of benzene rings is 2. The fourth-order valence-corrected chi connectivity index (χ4v) is 3.42. The number of hydrogen-bond donors (Lipinski definition) is 2. The largest absolute Gasteiger partial charge is 0.395 e. The fourth-order valence-electron chi connectivity index (χ4n) is 2.07. The van der Waals surface area contributed by atoms with Gasteiger partial charge in [0, 0.05) is 12.1 Å². The Kier molecular flexibility index (Phi) is 5.52. The summed E-state index contributed by atoms with van der Waals surface area (Å²) in [5, 5.41) is 11.2. The lowest BCUT2D eigenvalue weighted by atomic mass is 10.1. The molecule has 0 saturated heterocycles. The molecule has 5 nitrogen and oxygen atoms in total. The Balaban J connectivity index is 2.11. The van der Waals surface area contributed by atoms with Crippen LogP contribution in [0.5, 0.6) is 0 Å². The van der Waals surface area contributed by atoms with E-state index in [1.54, 1.807) is 48.5 Å². The fraction of sp³-hybridized carbons (Fsp3) is 0.235. The lowest BCUT2D eigenvalue weighted by molar-refractivity contribution is 0.0945. The van der Waals surface area contributed by atoms with Crippen LogP contribution in [0.4, 0.5) is 0 Å². The van der Waals surface area contributed by atoms with Crippen LogP contribution in [0, 0.1) is 6.92 Å². The Bertz CT molecular complexity index is 765. The molecule has 2 N–H and O–H groups in total. The summed E-state index contributed by atoms with van der Waals surface area (Å²) in [4.78, 5) is 12.0. The first kappa shape index (κ1) is 17.2. The number of aliphatic hydroxyl groups excluding tert-OH is 1. The predicted octanol–water partition coefficient (Wildman–Crippen LogP) is 1.69. The van der Waals surface area contributed by atoms with E-state index in [0.29, 0.717) is 11.1 Å². The van der Waals surface area contributed by atoms with Crippen LogP contribution >= 0.6 is 0 Å². The summed E-state index contributed by atoms with van der Waals surface area (Å²) in [6, 6.07) is 13.1. The van der Waals surface area contributed by atoms with Crippen LogP contribution in [0.15, 0.2) is 53.4 Å². The topological polar surface area (TPSA) is 83.5 Å². The molecule has 0 aliphatic heterocycles. The maximum Gasteiger partial charge on any atom is 0.251 e. The number of carbonyl (C=O) groups is 1. The van der Waals surface area contributed by atoms with Gasteiger partial charge in [0.05, 0.1) is 17.3 Å². The molecular formula is C17H19NO4S. The van der Waals surface area contributed by atoms with E-state index in [2.05, 4.69) is 5.32 Å². The summed E-state index contributed by atoms with van der Waals surface area (Å²) >= 11 is 0. The molecule has 2 rings (SSSR count). The van der Waals surface area contributed by atoms with Gasteiger partial charge < -0.3 is 10.4 Å². The van der Waals surface area contributed by atoms with E-state index in [-0.39, 0.29) is 29.7 Å². The Hall–Kier alpha value is -2.18. The van der Waals surface area contributed by atoms with Crippen LogP contribution in [0.25, 0.3) is 0 Å². The van der Waals surface area contributed by atoms with E-state index in [9.17, 15) is 13.2 Å². The molecule has 0 spiro atoms. The molecule has 0 unspecified atom stereocenters. The lowest BCUT2D eigenvalue weighted by Gasteiger charge is -2.07. The van der Waals surface area contributed by atoms with Gasteiger partial charge in [-0.15, -0.1) is 0 Å². The van der Waals surface area contributed by atoms with Gasteiger partial charge in [-0.05, 0) is 36.8 Å². The number of aliphatic hydroxyl groups is 1. The number of nitrogens with one attached hydrogen (secondary N) is 1. The zero-order valence-corrected chi connectivity index (χ0v) is 13.6. The van der Waals surface area contributed by atoms with Gasteiger partial charge in [0.15, 0.2) is 9.84 Å². The standard InChI is InChI=1S/C17H19NO4S/c1-13-2-8-16(9-3-13)23(21,22)12-14-4-6-15(7-5-14)17(20)18-10-11-19/h2-9,19H,10-12H2,1H3,(H,18,20). The molecule has 122 valence electrons. The zero-order valence-electron chi connectivity index (χ0n) is 12.8. The molecule has 2 aromatic rings. The summed E-state index contributed by atoms with van der Waals surface area (Å²) in [6.45, 7) is 1.96. The maximum absolute atomic E-state index is 12.4. The van der Waals surface area contributed by atoms with E-state index >= 15 is 0 Å². The molecule has 0 fully saturated rings. The molecule has 0 aliphatic carbocycles. The summed E-state index contributed by atoms with van der Waals surface area (Å²) in [5.41, 5.74) is 2.04. The van der Waals surface area contributed by atoms with Crippen molar-refractivity contribution in [1.29, 1.82) is 0 Å². The number of hydrogen-bond acceptors (Lipinski definition) is 4. The van der Waals surface area contributed by atoms with Gasteiger partial charge in [-0.2, -0.15) is 0 Å².